The van der Waals surface area contributed by atoms with Crippen LogP contribution in [0.4, 0.5) is 5.69 Å². The average molecular weight is 349 g/mol. The highest BCUT2D eigenvalue weighted by Gasteiger charge is 2.32. The number of imide groups is 1. The molecular formula is C16H10Cl2N2O3. The summed E-state index contributed by atoms with van der Waals surface area (Å²) in [5.41, 5.74) is 1.34. The van der Waals surface area contributed by atoms with Gasteiger partial charge in [0.1, 0.15) is 0 Å². The van der Waals surface area contributed by atoms with Crippen molar-refractivity contribution in [1.82, 2.24) is 4.90 Å². The van der Waals surface area contributed by atoms with Crippen LogP contribution in [0.3, 0.4) is 0 Å². The molecule has 0 saturated carbocycles. The number of nitrogens with zero attached hydrogens (tertiary/aromatic N) is 1. The Morgan fingerprint density at radius 1 is 0.957 bits per heavy atom. The van der Waals surface area contributed by atoms with E-state index in [-0.39, 0.29) is 16.5 Å². The van der Waals surface area contributed by atoms with E-state index in [1.54, 1.807) is 12.1 Å². The normalized spacial score (nSPS) is 13.3. The number of rotatable bonds is 2. The van der Waals surface area contributed by atoms with Gasteiger partial charge in [-0.2, -0.15) is 0 Å². The number of fused-ring (bicyclic) bond motifs is 1. The first-order valence-corrected chi connectivity index (χ1v) is 7.37. The number of amides is 3. The Balaban J connectivity index is 1.87. The highest BCUT2D eigenvalue weighted by atomic mass is 35.5. The van der Waals surface area contributed by atoms with Crippen LogP contribution in [0.2, 0.25) is 10.0 Å². The van der Waals surface area contributed by atoms with E-state index < -0.39 is 11.8 Å². The smallest absolute Gasteiger partial charge is 0.261 e. The molecule has 2 aromatic rings. The summed E-state index contributed by atoms with van der Waals surface area (Å²) in [7, 11) is 1.42. The van der Waals surface area contributed by atoms with Crippen molar-refractivity contribution in [3.8, 4) is 0 Å². The topological polar surface area (TPSA) is 66.5 Å². The van der Waals surface area contributed by atoms with Crippen molar-refractivity contribution in [2.45, 2.75) is 0 Å². The zero-order valence-electron chi connectivity index (χ0n) is 11.9. The number of nitrogens with one attached hydrogen (secondary N) is 1. The fourth-order valence-corrected chi connectivity index (χ4v) is 2.58. The van der Waals surface area contributed by atoms with Gasteiger partial charge in [0.25, 0.3) is 17.7 Å². The number of benzene rings is 2. The molecule has 0 spiro atoms. The van der Waals surface area contributed by atoms with E-state index >= 15 is 0 Å². The molecule has 1 aliphatic heterocycles. The summed E-state index contributed by atoms with van der Waals surface area (Å²) in [6, 6.07) is 9.09. The standard InChI is InChI=1S/C16H10Cl2N2O3/c1-20-15(22)10-4-3-9(7-11(10)16(20)23)19-14(21)8-2-5-12(17)13(18)6-8/h2-7H,1H3,(H,19,21). The van der Waals surface area contributed by atoms with E-state index in [9.17, 15) is 14.4 Å². The van der Waals surface area contributed by atoms with Crippen LogP contribution < -0.4 is 5.32 Å². The molecular weight excluding hydrogens is 339 g/mol. The molecule has 1 N–H and O–H groups in total. The Bertz CT molecular complexity index is 864. The van der Waals surface area contributed by atoms with Gasteiger partial charge in [-0.15, -0.1) is 0 Å². The van der Waals surface area contributed by atoms with E-state index in [0.717, 1.165) is 4.90 Å². The third kappa shape index (κ3) is 2.69. The molecule has 3 rings (SSSR count). The molecule has 0 saturated heterocycles. The van der Waals surface area contributed by atoms with Gasteiger partial charge >= 0.3 is 0 Å². The van der Waals surface area contributed by atoms with Crippen molar-refractivity contribution in [2.24, 2.45) is 0 Å². The van der Waals surface area contributed by atoms with Gasteiger partial charge < -0.3 is 5.32 Å². The maximum atomic E-state index is 12.2. The highest BCUT2D eigenvalue weighted by molar-refractivity contribution is 6.42. The van der Waals surface area contributed by atoms with Crippen LogP contribution >= 0.6 is 23.2 Å². The summed E-state index contributed by atoms with van der Waals surface area (Å²) in [5, 5.41) is 3.29. The average Bonchev–Trinajstić information content (AvgIpc) is 2.74. The lowest BCUT2D eigenvalue weighted by molar-refractivity contribution is 0.0692. The first-order valence-electron chi connectivity index (χ1n) is 6.61. The predicted molar refractivity (Wildman–Crippen MR) is 87.3 cm³/mol. The molecule has 23 heavy (non-hydrogen) atoms. The Hall–Kier alpha value is -2.37. The molecule has 3 amide bonds. The monoisotopic (exact) mass is 348 g/mol. The predicted octanol–water partition coefficient (Wildman–Crippen LogP) is 3.47. The van der Waals surface area contributed by atoms with Crippen molar-refractivity contribution < 1.29 is 14.4 Å². The lowest BCUT2D eigenvalue weighted by Gasteiger charge is -2.07. The Kier molecular flexibility index (Phi) is 3.83. The molecule has 0 unspecified atom stereocenters. The number of hydrogen-bond donors (Lipinski definition) is 1. The molecule has 7 heteroatoms. The summed E-state index contributed by atoms with van der Waals surface area (Å²) in [4.78, 5) is 37.0. The summed E-state index contributed by atoms with van der Waals surface area (Å²) < 4.78 is 0. The van der Waals surface area contributed by atoms with Gasteiger partial charge in [-0.1, -0.05) is 23.2 Å². The number of anilines is 1. The Labute approximate surface area is 141 Å². The minimum absolute atomic E-state index is 0.268. The van der Waals surface area contributed by atoms with Crippen molar-refractivity contribution in [3.63, 3.8) is 0 Å². The summed E-state index contributed by atoms with van der Waals surface area (Å²) in [6.45, 7) is 0. The molecule has 1 aliphatic rings. The van der Waals surface area contributed by atoms with Crippen LogP contribution in [0.25, 0.3) is 0 Å². The third-order valence-electron chi connectivity index (χ3n) is 3.53. The second kappa shape index (κ2) is 5.68. The lowest BCUT2D eigenvalue weighted by Crippen LogP contribution is -2.24. The van der Waals surface area contributed by atoms with Gasteiger partial charge in [0, 0.05) is 18.3 Å². The maximum absolute atomic E-state index is 12.2. The van der Waals surface area contributed by atoms with E-state index in [2.05, 4.69) is 5.32 Å². The van der Waals surface area contributed by atoms with E-state index in [1.165, 1.54) is 31.3 Å². The molecule has 1 heterocycles. The Morgan fingerprint density at radius 2 is 1.65 bits per heavy atom. The molecule has 0 bridgehead atoms. The molecule has 0 aliphatic carbocycles. The molecule has 2 aromatic carbocycles. The minimum atomic E-state index is -0.395. The number of halogens is 2. The van der Waals surface area contributed by atoms with Gasteiger partial charge in [-0.3, -0.25) is 19.3 Å². The quantitative estimate of drug-likeness (QED) is 0.845. The fraction of sp³-hybridized carbons (Fsp3) is 0.0625. The van der Waals surface area contributed by atoms with Crippen LogP contribution in [0.5, 0.6) is 0 Å². The van der Waals surface area contributed by atoms with Crippen LogP contribution in [-0.4, -0.2) is 29.7 Å². The first kappa shape index (κ1) is 15.5. The van der Waals surface area contributed by atoms with Crippen molar-refractivity contribution >= 4 is 46.6 Å². The molecule has 0 radical (unpaired) electrons. The van der Waals surface area contributed by atoms with Crippen molar-refractivity contribution in [3.05, 3.63) is 63.1 Å². The number of carbonyl (C=O) groups is 3. The molecule has 0 fully saturated rings. The second-order valence-electron chi connectivity index (χ2n) is 5.01. The highest BCUT2D eigenvalue weighted by Crippen LogP contribution is 2.26. The fourth-order valence-electron chi connectivity index (χ4n) is 2.28. The van der Waals surface area contributed by atoms with Crippen LogP contribution in [0.1, 0.15) is 31.1 Å². The van der Waals surface area contributed by atoms with E-state index in [0.29, 0.717) is 21.8 Å². The van der Waals surface area contributed by atoms with Crippen LogP contribution in [-0.2, 0) is 0 Å². The first-order chi connectivity index (χ1) is 10.9. The van der Waals surface area contributed by atoms with Gasteiger partial charge in [0.05, 0.1) is 21.2 Å². The zero-order chi connectivity index (χ0) is 16.7. The summed E-state index contributed by atoms with van der Waals surface area (Å²) in [6.07, 6.45) is 0. The third-order valence-corrected chi connectivity index (χ3v) is 4.27. The van der Waals surface area contributed by atoms with Gasteiger partial charge in [-0.25, -0.2) is 0 Å². The minimum Gasteiger partial charge on any atom is -0.322 e. The molecule has 0 aromatic heterocycles. The van der Waals surface area contributed by atoms with Gasteiger partial charge in [0.2, 0.25) is 0 Å². The largest absolute Gasteiger partial charge is 0.322 e. The SMILES string of the molecule is CN1C(=O)c2ccc(NC(=O)c3ccc(Cl)c(Cl)c3)cc2C1=O. The zero-order valence-corrected chi connectivity index (χ0v) is 13.4. The van der Waals surface area contributed by atoms with Crippen LogP contribution in [0.15, 0.2) is 36.4 Å². The lowest BCUT2D eigenvalue weighted by atomic mass is 10.1. The summed E-state index contributed by atoms with van der Waals surface area (Å²) >= 11 is 11.7. The van der Waals surface area contributed by atoms with Crippen molar-refractivity contribution in [2.75, 3.05) is 12.4 Å². The Morgan fingerprint density at radius 3 is 2.35 bits per heavy atom. The second-order valence-corrected chi connectivity index (χ2v) is 5.83. The van der Waals surface area contributed by atoms with Crippen molar-refractivity contribution in [1.29, 1.82) is 0 Å². The number of hydrogen-bond acceptors (Lipinski definition) is 3. The molecule has 116 valence electrons. The van der Waals surface area contributed by atoms with E-state index in [1.807, 2.05) is 0 Å². The summed E-state index contributed by atoms with van der Waals surface area (Å²) in [5.74, 6) is -1.14. The number of carbonyl (C=O) groups excluding carboxylic acids is 3. The van der Waals surface area contributed by atoms with Gasteiger partial charge in [0.15, 0.2) is 0 Å². The maximum Gasteiger partial charge on any atom is 0.261 e. The molecule has 0 atom stereocenters. The van der Waals surface area contributed by atoms with E-state index in [4.69, 9.17) is 23.2 Å². The molecule has 5 nitrogen and oxygen atoms in total. The van der Waals surface area contributed by atoms with Gasteiger partial charge in [-0.05, 0) is 36.4 Å². The van der Waals surface area contributed by atoms with Crippen LogP contribution in [0, 0.1) is 0 Å².